The van der Waals surface area contributed by atoms with E-state index in [1.165, 1.54) is 23.9 Å². The fourth-order valence-corrected chi connectivity index (χ4v) is 4.67. The highest BCUT2D eigenvalue weighted by Gasteiger charge is 2.34. The van der Waals surface area contributed by atoms with E-state index in [1.54, 1.807) is 54.5 Å². The van der Waals surface area contributed by atoms with Crippen LogP contribution in [0.1, 0.15) is 26.9 Å². The molecule has 1 atom stereocenters. The summed E-state index contributed by atoms with van der Waals surface area (Å²) < 4.78 is 44.1. The fraction of sp³-hybridized carbons (Fsp3) is 0.167. The molecule has 3 aromatic rings. The van der Waals surface area contributed by atoms with Crippen LogP contribution in [0.25, 0.3) is 0 Å². The molecule has 5 nitrogen and oxygen atoms in total. The van der Waals surface area contributed by atoms with Crippen molar-refractivity contribution in [1.82, 2.24) is 0 Å². The Bertz CT molecular complexity index is 1180. The summed E-state index contributed by atoms with van der Waals surface area (Å²) in [5, 5.41) is 2.34. The Balaban J connectivity index is 1.56. The first-order valence-corrected chi connectivity index (χ1v) is 11.0. The molecule has 0 spiro atoms. The maximum Gasteiger partial charge on any atom is 0.416 e. The Labute approximate surface area is 192 Å². The van der Waals surface area contributed by atoms with Crippen molar-refractivity contribution in [3.05, 3.63) is 89.5 Å². The van der Waals surface area contributed by atoms with Crippen molar-refractivity contribution in [2.75, 3.05) is 23.1 Å². The fourth-order valence-electron chi connectivity index (χ4n) is 3.50. The maximum atomic E-state index is 13.0. The molecule has 4 rings (SSSR count). The van der Waals surface area contributed by atoms with E-state index in [0.717, 1.165) is 17.7 Å². The van der Waals surface area contributed by atoms with Gasteiger partial charge in [0.05, 0.1) is 18.4 Å². The van der Waals surface area contributed by atoms with Gasteiger partial charge in [-0.15, -0.1) is 11.8 Å². The molecule has 0 saturated carbocycles. The predicted octanol–water partition coefficient (Wildman–Crippen LogP) is 5.74. The molecule has 33 heavy (non-hydrogen) atoms. The number of anilines is 2. The summed E-state index contributed by atoms with van der Waals surface area (Å²) in [5.74, 6) is 0.278. The molecule has 170 valence electrons. The predicted molar refractivity (Wildman–Crippen MR) is 122 cm³/mol. The summed E-state index contributed by atoms with van der Waals surface area (Å²) in [4.78, 5) is 26.8. The molecule has 0 aliphatic carbocycles. The largest absolute Gasteiger partial charge is 0.497 e. The molecule has 1 aliphatic rings. The Morgan fingerprint density at radius 1 is 1.06 bits per heavy atom. The van der Waals surface area contributed by atoms with E-state index in [9.17, 15) is 22.8 Å². The first kappa shape index (κ1) is 22.7. The zero-order chi connectivity index (χ0) is 23.6. The van der Waals surface area contributed by atoms with Gasteiger partial charge in [-0.3, -0.25) is 14.5 Å². The quantitative estimate of drug-likeness (QED) is 0.514. The number of amides is 2. The van der Waals surface area contributed by atoms with Gasteiger partial charge in [0.1, 0.15) is 11.1 Å². The van der Waals surface area contributed by atoms with E-state index >= 15 is 0 Å². The summed E-state index contributed by atoms with van der Waals surface area (Å²) in [6, 6.07) is 18.3. The Morgan fingerprint density at radius 2 is 1.79 bits per heavy atom. The molecule has 0 radical (unpaired) electrons. The van der Waals surface area contributed by atoms with E-state index < -0.39 is 17.6 Å². The van der Waals surface area contributed by atoms with Crippen molar-refractivity contribution >= 4 is 35.0 Å². The molecule has 9 heteroatoms. The van der Waals surface area contributed by atoms with Crippen molar-refractivity contribution in [3.63, 3.8) is 0 Å². The lowest BCUT2D eigenvalue weighted by molar-refractivity contribution is -0.137. The third-order valence-electron chi connectivity index (χ3n) is 5.10. The van der Waals surface area contributed by atoms with Crippen LogP contribution in [0.5, 0.6) is 5.75 Å². The second kappa shape index (κ2) is 9.19. The van der Waals surface area contributed by atoms with Crippen LogP contribution < -0.4 is 15.0 Å². The lowest BCUT2D eigenvalue weighted by atomic mass is 10.1. The molecule has 3 aromatic carbocycles. The average Bonchev–Trinajstić information content (AvgIpc) is 3.20. The van der Waals surface area contributed by atoms with Gasteiger partial charge in [-0.25, -0.2) is 0 Å². The van der Waals surface area contributed by atoms with Gasteiger partial charge in [-0.05, 0) is 60.2 Å². The minimum Gasteiger partial charge on any atom is -0.497 e. The number of carbonyl (C=O) groups excluding carboxylic acids is 2. The Hall–Kier alpha value is -3.46. The van der Waals surface area contributed by atoms with Gasteiger partial charge < -0.3 is 10.1 Å². The van der Waals surface area contributed by atoms with Crippen molar-refractivity contribution in [2.45, 2.75) is 11.6 Å². The topological polar surface area (TPSA) is 58.6 Å². The van der Waals surface area contributed by atoms with Gasteiger partial charge in [0.15, 0.2) is 0 Å². The second-order valence-electron chi connectivity index (χ2n) is 7.28. The number of hydrogen-bond acceptors (Lipinski definition) is 4. The molecule has 0 unspecified atom stereocenters. The lowest BCUT2D eigenvalue weighted by Crippen LogP contribution is -2.27. The van der Waals surface area contributed by atoms with Crippen molar-refractivity contribution in [3.8, 4) is 5.75 Å². The Kier molecular flexibility index (Phi) is 6.33. The van der Waals surface area contributed by atoms with Crippen molar-refractivity contribution < 1.29 is 27.5 Å². The number of thioether (sulfide) groups is 1. The van der Waals surface area contributed by atoms with E-state index in [-0.39, 0.29) is 16.8 Å². The minimum atomic E-state index is -4.53. The highest BCUT2D eigenvalue weighted by Crippen LogP contribution is 2.42. The number of benzene rings is 3. The molecular weight excluding hydrogens is 453 g/mol. The van der Waals surface area contributed by atoms with Crippen LogP contribution in [-0.2, 0) is 11.0 Å². The van der Waals surface area contributed by atoms with E-state index in [2.05, 4.69) is 5.32 Å². The van der Waals surface area contributed by atoms with Crippen LogP contribution in [0.3, 0.4) is 0 Å². The summed E-state index contributed by atoms with van der Waals surface area (Å²) in [7, 11) is 1.56. The smallest absolute Gasteiger partial charge is 0.416 e. The molecule has 1 saturated heterocycles. The van der Waals surface area contributed by atoms with Crippen LogP contribution in [0.15, 0.2) is 72.8 Å². The van der Waals surface area contributed by atoms with E-state index in [4.69, 9.17) is 4.74 Å². The second-order valence-corrected chi connectivity index (χ2v) is 8.35. The van der Waals surface area contributed by atoms with Gasteiger partial charge >= 0.3 is 6.18 Å². The first-order chi connectivity index (χ1) is 15.8. The van der Waals surface area contributed by atoms with Gasteiger partial charge in [0.2, 0.25) is 5.91 Å². The van der Waals surface area contributed by atoms with Crippen LogP contribution >= 0.6 is 11.8 Å². The summed E-state index contributed by atoms with van der Waals surface area (Å²) in [5.41, 5.74) is 0.933. The number of nitrogens with one attached hydrogen (secondary N) is 1. The van der Waals surface area contributed by atoms with Crippen LogP contribution in [0.2, 0.25) is 0 Å². The van der Waals surface area contributed by atoms with E-state index in [0.29, 0.717) is 22.9 Å². The maximum absolute atomic E-state index is 13.0. The van der Waals surface area contributed by atoms with E-state index in [1.807, 2.05) is 6.07 Å². The van der Waals surface area contributed by atoms with Gasteiger partial charge in [0, 0.05) is 16.9 Å². The number of nitrogens with zero attached hydrogens (tertiary/aromatic N) is 1. The number of halogens is 3. The van der Waals surface area contributed by atoms with Crippen LogP contribution in [0, 0.1) is 0 Å². The molecular formula is C24H19F3N2O3S. The number of ether oxygens (including phenoxy) is 1. The van der Waals surface area contributed by atoms with Crippen molar-refractivity contribution in [1.29, 1.82) is 0 Å². The van der Waals surface area contributed by atoms with Crippen LogP contribution in [-0.4, -0.2) is 24.7 Å². The molecule has 0 bridgehead atoms. The molecule has 1 heterocycles. The number of carbonyl (C=O) groups is 2. The number of alkyl halides is 3. The minimum absolute atomic E-state index is 0.0476. The number of rotatable bonds is 5. The first-order valence-electron chi connectivity index (χ1n) is 9.92. The van der Waals surface area contributed by atoms with Gasteiger partial charge in [0.25, 0.3) is 5.91 Å². The molecule has 1 N–H and O–H groups in total. The normalized spacial score (nSPS) is 16.1. The van der Waals surface area contributed by atoms with Crippen molar-refractivity contribution in [2.24, 2.45) is 0 Å². The zero-order valence-corrected chi connectivity index (χ0v) is 18.2. The molecule has 2 amide bonds. The summed E-state index contributed by atoms with van der Waals surface area (Å²) in [6.07, 6.45) is -4.53. The SMILES string of the molecule is COc1ccc(N2C(=O)CS[C@@H]2c2cccc(NC(=O)c3cccc(C(F)(F)F)c3)c2)cc1. The standard InChI is InChI=1S/C24H19F3N2O3S/c1-32-20-10-8-19(9-11-20)29-21(30)14-33-23(29)16-5-3-7-18(13-16)28-22(31)15-4-2-6-17(12-15)24(25,26)27/h2-13,23H,14H2,1H3,(H,28,31)/t23-/m1/s1. The molecule has 1 aliphatic heterocycles. The number of methoxy groups -OCH3 is 1. The summed E-state index contributed by atoms with van der Waals surface area (Å²) >= 11 is 1.45. The molecule has 1 fully saturated rings. The zero-order valence-electron chi connectivity index (χ0n) is 17.4. The third kappa shape index (κ3) is 4.98. The third-order valence-corrected chi connectivity index (χ3v) is 6.31. The molecule has 0 aromatic heterocycles. The number of hydrogen-bond donors (Lipinski definition) is 1. The van der Waals surface area contributed by atoms with Gasteiger partial charge in [-0.2, -0.15) is 13.2 Å². The van der Waals surface area contributed by atoms with Gasteiger partial charge in [-0.1, -0.05) is 18.2 Å². The average molecular weight is 472 g/mol. The lowest BCUT2D eigenvalue weighted by Gasteiger charge is -2.25. The Morgan fingerprint density at radius 3 is 2.48 bits per heavy atom. The summed E-state index contributed by atoms with van der Waals surface area (Å²) in [6.45, 7) is 0. The van der Waals surface area contributed by atoms with Crippen LogP contribution in [0.4, 0.5) is 24.5 Å². The monoisotopic (exact) mass is 472 g/mol. The highest BCUT2D eigenvalue weighted by atomic mass is 32.2. The highest BCUT2D eigenvalue weighted by molar-refractivity contribution is 8.00.